The van der Waals surface area contributed by atoms with Crippen LogP contribution in [0.2, 0.25) is 0 Å². The third kappa shape index (κ3) is 1.58. The first-order valence-corrected chi connectivity index (χ1v) is 4.80. The fourth-order valence-electron chi connectivity index (χ4n) is 1.61. The van der Waals surface area contributed by atoms with Gasteiger partial charge < -0.3 is 5.73 Å². The summed E-state index contributed by atoms with van der Waals surface area (Å²) in [5.41, 5.74) is 8.41. The van der Waals surface area contributed by atoms with Crippen LogP contribution < -0.4 is 5.73 Å². The Morgan fingerprint density at radius 3 is 2.73 bits per heavy atom. The molecule has 0 saturated heterocycles. The smallest absolute Gasteiger partial charge is 0.149 e. The zero-order valence-electron chi connectivity index (χ0n) is 9.02. The third-order valence-corrected chi connectivity index (χ3v) is 2.27. The van der Waals surface area contributed by atoms with Crippen LogP contribution in [0.3, 0.4) is 0 Å². The number of nitrogen functional groups attached to an aromatic ring is 1. The quantitative estimate of drug-likeness (QED) is 0.764. The minimum Gasteiger partial charge on any atom is -0.382 e. The number of H-pyrrole nitrogens is 1. The van der Waals surface area contributed by atoms with Crippen molar-refractivity contribution < 1.29 is 0 Å². The van der Waals surface area contributed by atoms with Crippen molar-refractivity contribution in [2.45, 2.75) is 19.8 Å². The highest BCUT2D eigenvalue weighted by atomic mass is 15.4. The van der Waals surface area contributed by atoms with Gasteiger partial charge in [0, 0.05) is 12.6 Å². The summed E-state index contributed by atoms with van der Waals surface area (Å²) >= 11 is 0. The third-order valence-electron chi connectivity index (χ3n) is 2.27. The van der Waals surface area contributed by atoms with Crippen LogP contribution in [0.1, 0.15) is 25.3 Å². The number of nitrogens with two attached hydrogens (primary N) is 1. The van der Waals surface area contributed by atoms with Gasteiger partial charge in [-0.3, -0.25) is 9.78 Å². The molecule has 2 aromatic rings. The van der Waals surface area contributed by atoms with Crippen molar-refractivity contribution in [1.82, 2.24) is 25.2 Å². The number of hydrogen-bond donors (Lipinski definition) is 2. The molecule has 2 aromatic heterocycles. The van der Waals surface area contributed by atoms with Crippen LogP contribution in [0.25, 0.3) is 11.4 Å². The topological polar surface area (TPSA) is 85.4 Å². The highest BCUT2D eigenvalue weighted by molar-refractivity contribution is 5.65. The van der Waals surface area contributed by atoms with Gasteiger partial charge in [-0.1, -0.05) is 19.1 Å². The molecule has 0 fully saturated rings. The van der Waals surface area contributed by atoms with Crippen LogP contribution in [-0.2, 0) is 7.05 Å². The van der Waals surface area contributed by atoms with Crippen LogP contribution in [-0.4, -0.2) is 25.2 Å². The van der Waals surface area contributed by atoms with E-state index in [0.717, 1.165) is 17.0 Å². The van der Waals surface area contributed by atoms with Gasteiger partial charge in [-0.2, -0.15) is 5.10 Å². The summed E-state index contributed by atoms with van der Waals surface area (Å²) in [6.45, 7) is 4.14. The molecule has 0 atom stereocenters. The van der Waals surface area contributed by atoms with E-state index >= 15 is 0 Å². The fraction of sp³-hybridized carbons (Fsp3) is 0.444. The molecular weight excluding hydrogens is 192 g/mol. The predicted octanol–water partition coefficient (Wildman–Crippen LogP) is 0.911. The Morgan fingerprint density at radius 1 is 1.47 bits per heavy atom. The van der Waals surface area contributed by atoms with E-state index in [0.29, 0.717) is 11.7 Å². The molecule has 0 aliphatic carbocycles. The van der Waals surface area contributed by atoms with Crippen molar-refractivity contribution in [3.8, 4) is 11.4 Å². The number of aryl methyl sites for hydroxylation is 1. The Hall–Kier alpha value is -1.85. The van der Waals surface area contributed by atoms with E-state index in [1.165, 1.54) is 0 Å². The Balaban J connectivity index is 2.53. The lowest BCUT2D eigenvalue weighted by Gasteiger charge is -2.04. The van der Waals surface area contributed by atoms with E-state index in [9.17, 15) is 0 Å². The number of hydrogen-bond acceptors (Lipinski definition) is 4. The van der Waals surface area contributed by atoms with Crippen LogP contribution in [0.5, 0.6) is 0 Å². The molecule has 6 nitrogen and oxygen atoms in total. The minimum atomic E-state index is 0.306. The molecule has 0 saturated carbocycles. The summed E-state index contributed by atoms with van der Waals surface area (Å²) in [5.74, 6) is 0.839. The molecular formula is C9H14N6. The monoisotopic (exact) mass is 206 g/mol. The summed E-state index contributed by atoms with van der Waals surface area (Å²) < 4.78 is 1.65. The second-order valence-electron chi connectivity index (χ2n) is 3.83. The molecule has 0 aromatic carbocycles. The van der Waals surface area contributed by atoms with Crippen molar-refractivity contribution in [3.05, 3.63) is 11.8 Å². The molecule has 0 aliphatic heterocycles. The molecule has 0 spiro atoms. The summed E-state index contributed by atoms with van der Waals surface area (Å²) in [6, 6.07) is 0. The zero-order chi connectivity index (χ0) is 11.0. The lowest BCUT2D eigenvalue weighted by molar-refractivity contribution is 0.715. The second-order valence-corrected chi connectivity index (χ2v) is 3.83. The molecule has 0 aliphatic rings. The molecule has 2 rings (SSSR count). The maximum Gasteiger partial charge on any atom is 0.149 e. The molecule has 3 N–H and O–H groups in total. The second kappa shape index (κ2) is 3.38. The van der Waals surface area contributed by atoms with E-state index in [1.807, 2.05) is 13.2 Å². The molecule has 0 bridgehead atoms. The highest BCUT2D eigenvalue weighted by Gasteiger charge is 2.17. The van der Waals surface area contributed by atoms with E-state index in [-0.39, 0.29) is 0 Å². The Bertz CT molecular complexity index is 467. The SMILES string of the molecule is CC(C)c1c(N)n[nH]c1-c1cn(C)nn1. The number of nitrogens with one attached hydrogen (secondary N) is 1. The Kier molecular flexibility index (Phi) is 2.18. The molecule has 0 unspecified atom stereocenters. The summed E-state index contributed by atoms with van der Waals surface area (Å²) in [6.07, 6.45) is 1.83. The van der Waals surface area contributed by atoms with Gasteiger partial charge in [0.25, 0.3) is 0 Å². The van der Waals surface area contributed by atoms with E-state index < -0.39 is 0 Å². The van der Waals surface area contributed by atoms with Gasteiger partial charge in [0.15, 0.2) is 0 Å². The first kappa shape index (κ1) is 9.70. The Labute approximate surface area is 87.5 Å². The largest absolute Gasteiger partial charge is 0.382 e. The number of nitrogens with zero attached hydrogens (tertiary/aromatic N) is 4. The van der Waals surface area contributed by atoms with Crippen molar-refractivity contribution in [2.24, 2.45) is 7.05 Å². The summed E-state index contributed by atoms with van der Waals surface area (Å²) in [7, 11) is 1.82. The number of anilines is 1. The maximum atomic E-state index is 5.79. The van der Waals surface area contributed by atoms with Gasteiger partial charge in [0.1, 0.15) is 11.5 Å². The average molecular weight is 206 g/mol. The van der Waals surface area contributed by atoms with E-state index in [2.05, 4.69) is 34.4 Å². The van der Waals surface area contributed by atoms with Gasteiger partial charge >= 0.3 is 0 Å². The van der Waals surface area contributed by atoms with Gasteiger partial charge in [-0.25, -0.2) is 0 Å². The molecule has 2 heterocycles. The summed E-state index contributed by atoms with van der Waals surface area (Å²) in [5, 5.41) is 14.8. The van der Waals surface area contributed by atoms with Crippen LogP contribution in [0.15, 0.2) is 6.20 Å². The molecule has 6 heteroatoms. The molecule has 80 valence electrons. The van der Waals surface area contributed by atoms with Gasteiger partial charge in [0.2, 0.25) is 0 Å². The van der Waals surface area contributed by atoms with Crippen molar-refractivity contribution in [1.29, 1.82) is 0 Å². The number of rotatable bonds is 2. The minimum absolute atomic E-state index is 0.306. The lowest BCUT2D eigenvalue weighted by atomic mass is 10.0. The van der Waals surface area contributed by atoms with Crippen LogP contribution in [0, 0.1) is 0 Å². The standard InChI is InChI=1S/C9H14N6/c1-5(2)7-8(12-13-9(7)10)6-4-15(3)14-11-6/h4-5H,1-3H3,(H3,10,12,13). The van der Waals surface area contributed by atoms with Crippen LogP contribution in [0.4, 0.5) is 5.82 Å². The van der Waals surface area contributed by atoms with E-state index in [1.54, 1.807) is 4.68 Å². The van der Waals surface area contributed by atoms with Gasteiger partial charge in [-0.05, 0) is 5.92 Å². The predicted molar refractivity (Wildman–Crippen MR) is 57.1 cm³/mol. The molecule has 0 radical (unpaired) electrons. The maximum absolute atomic E-state index is 5.79. The normalized spacial score (nSPS) is 11.2. The fourth-order valence-corrected chi connectivity index (χ4v) is 1.61. The van der Waals surface area contributed by atoms with Crippen LogP contribution >= 0.6 is 0 Å². The highest BCUT2D eigenvalue weighted by Crippen LogP contribution is 2.29. The van der Waals surface area contributed by atoms with Crippen molar-refractivity contribution >= 4 is 5.82 Å². The average Bonchev–Trinajstić information content (AvgIpc) is 2.71. The van der Waals surface area contributed by atoms with Gasteiger partial charge in [0.05, 0.1) is 11.9 Å². The first-order chi connectivity index (χ1) is 7.09. The lowest BCUT2D eigenvalue weighted by Crippen LogP contribution is -1.95. The first-order valence-electron chi connectivity index (χ1n) is 4.80. The zero-order valence-corrected chi connectivity index (χ0v) is 9.02. The Morgan fingerprint density at radius 2 is 2.20 bits per heavy atom. The summed E-state index contributed by atoms with van der Waals surface area (Å²) in [4.78, 5) is 0. The van der Waals surface area contributed by atoms with E-state index in [4.69, 9.17) is 5.73 Å². The number of aromatic nitrogens is 5. The van der Waals surface area contributed by atoms with Gasteiger partial charge in [-0.15, -0.1) is 5.10 Å². The number of aromatic amines is 1. The molecule has 15 heavy (non-hydrogen) atoms. The van der Waals surface area contributed by atoms with Crippen molar-refractivity contribution in [3.63, 3.8) is 0 Å². The van der Waals surface area contributed by atoms with Crippen molar-refractivity contribution in [2.75, 3.05) is 5.73 Å². The molecule has 0 amide bonds.